The normalized spacial score (nSPS) is 15.0. The van der Waals surface area contributed by atoms with Gasteiger partial charge in [-0.2, -0.15) is 0 Å². The van der Waals surface area contributed by atoms with Gasteiger partial charge in [0, 0.05) is 32.4 Å². The van der Waals surface area contributed by atoms with E-state index in [0.29, 0.717) is 17.2 Å². The van der Waals surface area contributed by atoms with Crippen LogP contribution in [0.4, 0.5) is 5.13 Å². The number of carbonyl (C=O) groups excluding carboxylic acids is 1. The van der Waals surface area contributed by atoms with E-state index in [2.05, 4.69) is 20.4 Å². The predicted octanol–water partition coefficient (Wildman–Crippen LogP) is 1.70. The molecule has 1 N–H and O–H groups in total. The Kier molecular flexibility index (Phi) is 7.00. The van der Waals surface area contributed by atoms with Gasteiger partial charge < -0.3 is 9.30 Å². The van der Waals surface area contributed by atoms with Crippen LogP contribution in [-0.2, 0) is 11.3 Å². The van der Waals surface area contributed by atoms with E-state index >= 15 is 0 Å². The molecule has 0 atom stereocenters. The SMILES string of the molecule is CCSc1nnc(NC(=O)c2c(C)ccn(CCN3CCOCC3)c2=O)s1. The summed E-state index contributed by atoms with van der Waals surface area (Å²) in [6, 6.07) is 1.80. The van der Waals surface area contributed by atoms with E-state index in [1.165, 1.54) is 11.3 Å². The minimum absolute atomic E-state index is 0.152. The van der Waals surface area contributed by atoms with Gasteiger partial charge in [-0.3, -0.25) is 19.8 Å². The second kappa shape index (κ2) is 9.45. The van der Waals surface area contributed by atoms with Crippen molar-refractivity contribution in [1.82, 2.24) is 19.7 Å². The summed E-state index contributed by atoms with van der Waals surface area (Å²) in [6.07, 6.45) is 1.75. The number of anilines is 1. The molecule has 1 saturated heterocycles. The first-order valence-electron chi connectivity index (χ1n) is 8.86. The number of rotatable bonds is 7. The molecular formula is C17H23N5O3S2. The minimum atomic E-state index is -0.442. The Morgan fingerprint density at radius 1 is 1.33 bits per heavy atom. The van der Waals surface area contributed by atoms with E-state index in [1.807, 2.05) is 6.92 Å². The van der Waals surface area contributed by atoms with Crippen LogP contribution in [-0.4, -0.2) is 64.2 Å². The largest absolute Gasteiger partial charge is 0.379 e. The fraction of sp³-hybridized carbons (Fsp3) is 0.529. The third-order valence-corrected chi connectivity index (χ3v) is 6.11. The highest BCUT2D eigenvalue weighted by Gasteiger charge is 2.18. The summed E-state index contributed by atoms with van der Waals surface area (Å²) < 4.78 is 7.73. The summed E-state index contributed by atoms with van der Waals surface area (Å²) in [5.74, 6) is 0.441. The summed E-state index contributed by atoms with van der Waals surface area (Å²) in [4.78, 5) is 27.7. The zero-order valence-electron chi connectivity index (χ0n) is 15.4. The predicted molar refractivity (Wildman–Crippen MR) is 107 cm³/mol. The molecule has 1 aliphatic heterocycles. The Labute approximate surface area is 165 Å². The Hall–Kier alpha value is -1.75. The second-order valence-corrected chi connectivity index (χ2v) is 8.58. The van der Waals surface area contributed by atoms with E-state index < -0.39 is 5.91 Å². The standard InChI is InChI=1S/C17H23N5O3S2/c1-3-26-17-20-19-16(27-17)18-14(23)13-12(2)4-5-22(15(13)24)7-6-21-8-10-25-11-9-21/h4-5H,3,6-11H2,1-2H3,(H,18,19,23). The Morgan fingerprint density at radius 3 is 2.85 bits per heavy atom. The molecule has 0 unspecified atom stereocenters. The van der Waals surface area contributed by atoms with Crippen molar-refractivity contribution in [2.45, 2.75) is 24.7 Å². The van der Waals surface area contributed by atoms with Crippen molar-refractivity contribution in [3.05, 3.63) is 33.7 Å². The van der Waals surface area contributed by atoms with Crippen molar-refractivity contribution in [2.75, 3.05) is 43.9 Å². The first-order chi connectivity index (χ1) is 13.1. The number of carbonyl (C=O) groups is 1. The summed E-state index contributed by atoms with van der Waals surface area (Å²) in [6.45, 7) is 8.24. The van der Waals surface area contributed by atoms with Crippen LogP contribution < -0.4 is 10.9 Å². The number of nitrogens with zero attached hydrogens (tertiary/aromatic N) is 4. The van der Waals surface area contributed by atoms with E-state index in [9.17, 15) is 9.59 Å². The number of morpholine rings is 1. The maximum Gasteiger partial charge on any atom is 0.263 e. The highest BCUT2D eigenvalue weighted by Crippen LogP contribution is 2.25. The van der Waals surface area contributed by atoms with Gasteiger partial charge in [-0.25, -0.2) is 0 Å². The van der Waals surface area contributed by atoms with Crippen molar-refractivity contribution in [2.24, 2.45) is 0 Å². The number of ether oxygens (including phenoxy) is 1. The number of nitrogens with one attached hydrogen (secondary N) is 1. The summed E-state index contributed by atoms with van der Waals surface area (Å²) in [5.41, 5.74) is 0.514. The Bertz CT molecular complexity index is 845. The van der Waals surface area contributed by atoms with Gasteiger partial charge in [-0.15, -0.1) is 10.2 Å². The lowest BCUT2D eigenvalue weighted by Gasteiger charge is -2.26. The molecule has 1 fully saturated rings. The first kappa shape index (κ1) is 20.0. The minimum Gasteiger partial charge on any atom is -0.379 e. The van der Waals surface area contributed by atoms with Gasteiger partial charge in [0.1, 0.15) is 5.56 Å². The molecule has 10 heteroatoms. The number of thioether (sulfide) groups is 1. The van der Waals surface area contributed by atoms with Crippen molar-refractivity contribution in [3.8, 4) is 0 Å². The molecule has 146 valence electrons. The molecule has 1 amide bonds. The number of aryl methyl sites for hydroxylation is 1. The second-order valence-electron chi connectivity index (χ2n) is 6.09. The van der Waals surface area contributed by atoms with Gasteiger partial charge in [-0.1, -0.05) is 30.0 Å². The van der Waals surface area contributed by atoms with E-state index in [1.54, 1.807) is 35.5 Å². The highest BCUT2D eigenvalue weighted by atomic mass is 32.2. The van der Waals surface area contributed by atoms with Crippen LogP contribution in [0.3, 0.4) is 0 Å². The number of pyridine rings is 1. The molecule has 2 aromatic heterocycles. The summed E-state index contributed by atoms with van der Waals surface area (Å²) in [7, 11) is 0. The number of hydrogen-bond acceptors (Lipinski definition) is 8. The first-order valence-corrected chi connectivity index (χ1v) is 10.7. The van der Waals surface area contributed by atoms with Gasteiger partial charge >= 0.3 is 0 Å². The van der Waals surface area contributed by atoms with Crippen LogP contribution in [0.25, 0.3) is 0 Å². The Morgan fingerprint density at radius 2 is 2.11 bits per heavy atom. The number of amides is 1. The van der Waals surface area contributed by atoms with Crippen LogP contribution in [0.2, 0.25) is 0 Å². The van der Waals surface area contributed by atoms with Crippen LogP contribution >= 0.6 is 23.1 Å². The molecule has 27 heavy (non-hydrogen) atoms. The molecule has 0 spiro atoms. The lowest BCUT2D eigenvalue weighted by Crippen LogP contribution is -2.40. The molecule has 0 bridgehead atoms. The topological polar surface area (TPSA) is 89.3 Å². The third-order valence-electron chi connectivity index (χ3n) is 4.26. The van der Waals surface area contributed by atoms with Gasteiger partial charge in [-0.05, 0) is 24.3 Å². The monoisotopic (exact) mass is 409 g/mol. The van der Waals surface area contributed by atoms with Gasteiger partial charge in [0.05, 0.1) is 13.2 Å². The van der Waals surface area contributed by atoms with E-state index in [-0.39, 0.29) is 11.1 Å². The molecule has 0 aliphatic carbocycles. The molecular weight excluding hydrogens is 386 g/mol. The maximum absolute atomic E-state index is 12.8. The third kappa shape index (κ3) is 5.16. The quantitative estimate of drug-likeness (QED) is 0.550. The molecule has 3 rings (SSSR count). The zero-order chi connectivity index (χ0) is 19.2. The summed E-state index contributed by atoms with van der Waals surface area (Å²) in [5, 5.41) is 11.1. The molecule has 0 saturated carbocycles. The lowest BCUT2D eigenvalue weighted by molar-refractivity contribution is 0.0363. The van der Waals surface area contributed by atoms with Crippen LogP contribution in [0, 0.1) is 6.92 Å². The van der Waals surface area contributed by atoms with E-state index in [0.717, 1.165) is 42.9 Å². The summed E-state index contributed by atoms with van der Waals surface area (Å²) >= 11 is 2.87. The number of hydrogen-bond donors (Lipinski definition) is 1. The fourth-order valence-electron chi connectivity index (χ4n) is 2.79. The Balaban J connectivity index is 1.71. The van der Waals surface area contributed by atoms with Crippen LogP contribution in [0.15, 0.2) is 21.4 Å². The number of aromatic nitrogens is 3. The average Bonchev–Trinajstić information content (AvgIpc) is 3.09. The zero-order valence-corrected chi connectivity index (χ0v) is 17.1. The highest BCUT2D eigenvalue weighted by molar-refractivity contribution is 8.01. The van der Waals surface area contributed by atoms with Gasteiger partial charge in [0.25, 0.3) is 11.5 Å². The molecule has 8 nitrogen and oxygen atoms in total. The van der Waals surface area contributed by atoms with Gasteiger partial charge in [0.15, 0.2) is 4.34 Å². The fourth-order valence-corrected chi connectivity index (χ4v) is 4.44. The molecule has 2 aromatic rings. The van der Waals surface area contributed by atoms with E-state index in [4.69, 9.17) is 4.74 Å². The lowest BCUT2D eigenvalue weighted by atomic mass is 10.1. The van der Waals surface area contributed by atoms with Crippen molar-refractivity contribution in [1.29, 1.82) is 0 Å². The van der Waals surface area contributed by atoms with Gasteiger partial charge in [0.2, 0.25) is 5.13 Å². The van der Waals surface area contributed by atoms with Crippen LogP contribution in [0.5, 0.6) is 0 Å². The van der Waals surface area contributed by atoms with Crippen molar-refractivity contribution < 1.29 is 9.53 Å². The molecule has 3 heterocycles. The smallest absolute Gasteiger partial charge is 0.263 e. The van der Waals surface area contributed by atoms with Crippen molar-refractivity contribution in [3.63, 3.8) is 0 Å². The molecule has 0 radical (unpaired) electrons. The van der Waals surface area contributed by atoms with Crippen molar-refractivity contribution >= 4 is 34.1 Å². The molecule has 1 aliphatic rings. The van der Waals surface area contributed by atoms with Crippen LogP contribution in [0.1, 0.15) is 22.8 Å². The maximum atomic E-state index is 12.8. The average molecular weight is 410 g/mol. The molecule has 0 aromatic carbocycles.